The zero-order valence-corrected chi connectivity index (χ0v) is 16.8. The number of carbonyl (C=O) groups is 2. The van der Waals surface area contributed by atoms with Crippen molar-refractivity contribution >= 4 is 34.1 Å². The summed E-state index contributed by atoms with van der Waals surface area (Å²) in [6, 6.07) is 15.3. The molecule has 2 aromatic carbocycles. The van der Waals surface area contributed by atoms with Crippen molar-refractivity contribution in [2.24, 2.45) is 0 Å². The molecule has 0 saturated carbocycles. The molecule has 1 fully saturated rings. The standard InChI is InChI=1S/C23H26N4O3/c28-22(10-5-17-15-24-21-4-2-1-3-20(17)21)25-18-6-8-19(9-7-18)26-23(29)16-27-11-13-30-14-12-27/h1-4,6-9,15,24H,5,10-14,16H2,(H,25,28)(H,26,29). The summed E-state index contributed by atoms with van der Waals surface area (Å²) in [7, 11) is 0. The lowest BCUT2D eigenvalue weighted by molar-refractivity contribution is -0.118. The van der Waals surface area contributed by atoms with Crippen LogP contribution in [-0.4, -0.2) is 54.5 Å². The van der Waals surface area contributed by atoms with Gasteiger partial charge in [0, 0.05) is 48.0 Å². The highest BCUT2D eigenvalue weighted by Gasteiger charge is 2.14. The highest BCUT2D eigenvalue weighted by atomic mass is 16.5. The van der Waals surface area contributed by atoms with Crippen molar-refractivity contribution in [3.8, 4) is 0 Å². The lowest BCUT2D eigenvalue weighted by Gasteiger charge is -2.25. The number of aromatic amines is 1. The van der Waals surface area contributed by atoms with E-state index in [1.807, 2.05) is 24.4 Å². The van der Waals surface area contributed by atoms with Gasteiger partial charge in [0.15, 0.2) is 0 Å². The molecule has 7 heteroatoms. The Balaban J connectivity index is 1.24. The van der Waals surface area contributed by atoms with Gasteiger partial charge in [-0.15, -0.1) is 0 Å². The lowest BCUT2D eigenvalue weighted by Crippen LogP contribution is -2.41. The third kappa shape index (κ3) is 5.25. The smallest absolute Gasteiger partial charge is 0.238 e. The van der Waals surface area contributed by atoms with Crippen LogP contribution >= 0.6 is 0 Å². The molecule has 1 aliphatic rings. The number of hydrogen-bond acceptors (Lipinski definition) is 4. The fourth-order valence-electron chi connectivity index (χ4n) is 3.61. The van der Waals surface area contributed by atoms with Crippen LogP contribution in [0.1, 0.15) is 12.0 Å². The van der Waals surface area contributed by atoms with Crippen LogP contribution < -0.4 is 10.6 Å². The van der Waals surface area contributed by atoms with Crippen LogP contribution in [0.3, 0.4) is 0 Å². The molecule has 156 valence electrons. The second-order valence-electron chi connectivity index (χ2n) is 7.42. The van der Waals surface area contributed by atoms with Crippen molar-refractivity contribution in [2.75, 3.05) is 43.5 Å². The fourth-order valence-corrected chi connectivity index (χ4v) is 3.61. The first-order valence-electron chi connectivity index (χ1n) is 10.2. The number of nitrogens with one attached hydrogen (secondary N) is 3. The van der Waals surface area contributed by atoms with E-state index in [1.54, 1.807) is 24.3 Å². The molecule has 3 aromatic rings. The Morgan fingerprint density at radius 3 is 2.33 bits per heavy atom. The second kappa shape index (κ2) is 9.56. The molecule has 0 spiro atoms. The Morgan fingerprint density at radius 1 is 0.933 bits per heavy atom. The summed E-state index contributed by atoms with van der Waals surface area (Å²) in [5.74, 6) is -0.0863. The van der Waals surface area contributed by atoms with E-state index < -0.39 is 0 Å². The monoisotopic (exact) mass is 406 g/mol. The zero-order chi connectivity index (χ0) is 20.8. The Morgan fingerprint density at radius 2 is 1.60 bits per heavy atom. The van der Waals surface area contributed by atoms with Crippen LogP contribution in [0.2, 0.25) is 0 Å². The van der Waals surface area contributed by atoms with Gasteiger partial charge >= 0.3 is 0 Å². The minimum atomic E-state index is -0.0487. The summed E-state index contributed by atoms with van der Waals surface area (Å²) in [5, 5.41) is 6.96. The summed E-state index contributed by atoms with van der Waals surface area (Å²) >= 11 is 0. The number of nitrogens with zero attached hydrogens (tertiary/aromatic N) is 1. The normalized spacial score (nSPS) is 14.5. The highest BCUT2D eigenvalue weighted by Crippen LogP contribution is 2.19. The fraction of sp³-hybridized carbons (Fsp3) is 0.304. The Bertz CT molecular complexity index is 1010. The molecule has 7 nitrogen and oxygen atoms in total. The molecule has 2 heterocycles. The first kappa shape index (κ1) is 20.1. The number of H-pyrrole nitrogens is 1. The number of carbonyl (C=O) groups excluding carboxylic acids is 2. The molecule has 30 heavy (non-hydrogen) atoms. The van der Waals surface area contributed by atoms with Crippen molar-refractivity contribution in [1.29, 1.82) is 0 Å². The number of anilines is 2. The van der Waals surface area contributed by atoms with E-state index in [9.17, 15) is 9.59 Å². The number of fused-ring (bicyclic) bond motifs is 1. The van der Waals surface area contributed by atoms with Gasteiger partial charge in [-0.2, -0.15) is 0 Å². The van der Waals surface area contributed by atoms with Gasteiger partial charge < -0.3 is 20.4 Å². The predicted molar refractivity (Wildman–Crippen MR) is 118 cm³/mol. The minimum absolute atomic E-state index is 0.0376. The molecule has 0 aliphatic carbocycles. The van der Waals surface area contributed by atoms with E-state index in [1.165, 1.54) is 0 Å². The van der Waals surface area contributed by atoms with E-state index in [0.717, 1.165) is 29.6 Å². The highest BCUT2D eigenvalue weighted by molar-refractivity contribution is 5.94. The van der Waals surface area contributed by atoms with Crippen LogP contribution in [-0.2, 0) is 20.7 Å². The molecular formula is C23H26N4O3. The molecule has 2 amide bonds. The van der Waals surface area contributed by atoms with Crippen LogP contribution in [0.25, 0.3) is 10.9 Å². The molecule has 0 bridgehead atoms. The summed E-state index contributed by atoms with van der Waals surface area (Å²) in [6.45, 7) is 3.24. The van der Waals surface area contributed by atoms with Crippen molar-refractivity contribution in [3.05, 3.63) is 60.3 Å². The zero-order valence-electron chi connectivity index (χ0n) is 16.8. The quantitative estimate of drug-likeness (QED) is 0.563. The van der Waals surface area contributed by atoms with E-state index in [2.05, 4.69) is 26.6 Å². The molecule has 4 rings (SSSR count). The topological polar surface area (TPSA) is 86.5 Å². The van der Waals surface area contributed by atoms with E-state index in [-0.39, 0.29) is 11.8 Å². The predicted octanol–water partition coefficient (Wildman–Crippen LogP) is 3.01. The van der Waals surface area contributed by atoms with Gasteiger partial charge in [-0.3, -0.25) is 14.5 Å². The van der Waals surface area contributed by atoms with Gasteiger partial charge in [-0.05, 0) is 42.3 Å². The average Bonchev–Trinajstić information content (AvgIpc) is 3.17. The van der Waals surface area contributed by atoms with Crippen molar-refractivity contribution in [3.63, 3.8) is 0 Å². The Kier molecular flexibility index (Phi) is 6.41. The Hall–Kier alpha value is -3.16. The number of rotatable bonds is 7. The first-order chi connectivity index (χ1) is 14.7. The van der Waals surface area contributed by atoms with Crippen molar-refractivity contribution in [2.45, 2.75) is 12.8 Å². The van der Waals surface area contributed by atoms with Crippen molar-refractivity contribution in [1.82, 2.24) is 9.88 Å². The summed E-state index contributed by atoms with van der Waals surface area (Å²) in [4.78, 5) is 29.8. The Labute approximate surface area is 175 Å². The molecular weight excluding hydrogens is 380 g/mol. The minimum Gasteiger partial charge on any atom is -0.379 e. The summed E-state index contributed by atoms with van der Waals surface area (Å²) < 4.78 is 5.29. The third-order valence-corrected chi connectivity index (χ3v) is 5.22. The maximum Gasteiger partial charge on any atom is 0.238 e. The number of amides is 2. The number of aromatic nitrogens is 1. The van der Waals surface area contributed by atoms with Gasteiger partial charge in [0.1, 0.15) is 0 Å². The molecule has 0 radical (unpaired) electrons. The maximum absolute atomic E-state index is 12.3. The van der Waals surface area contributed by atoms with E-state index in [0.29, 0.717) is 44.0 Å². The van der Waals surface area contributed by atoms with Gasteiger partial charge in [0.25, 0.3) is 0 Å². The molecule has 1 aliphatic heterocycles. The number of ether oxygens (including phenoxy) is 1. The molecule has 0 atom stereocenters. The van der Waals surface area contributed by atoms with Crippen LogP contribution in [0.15, 0.2) is 54.7 Å². The second-order valence-corrected chi connectivity index (χ2v) is 7.42. The largest absolute Gasteiger partial charge is 0.379 e. The van der Waals surface area contributed by atoms with E-state index >= 15 is 0 Å². The lowest BCUT2D eigenvalue weighted by atomic mass is 10.1. The number of hydrogen-bond donors (Lipinski definition) is 3. The van der Waals surface area contributed by atoms with Gasteiger partial charge in [-0.1, -0.05) is 18.2 Å². The molecule has 3 N–H and O–H groups in total. The average molecular weight is 406 g/mol. The molecule has 0 unspecified atom stereocenters. The van der Waals surface area contributed by atoms with Crippen LogP contribution in [0.5, 0.6) is 0 Å². The summed E-state index contributed by atoms with van der Waals surface area (Å²) in [6.07, 6.45) is 3.04. The van der Waals surface area contributed by atoms with Gasteiger partial charge in [0.05, 0.1) is 19.8 Å². The SMILES string of the molecule is O=C(CCc1c[nH]c2ccccc12)Nc1ccc(NC(=O)CN2CCOCC2)cc1. The maximum atomic E-state index is 12.3. The molecule has 1 aromatic heterocycles. The van der Waals surface area contributed by atoms with Gasteiger partial charge in [0.2, 0.25) is 11.8 Å². The van der Waals surface area contributed by atoms with Crippen molar-refractivity contribution < 1.29 is 14.3 Å². The first-order valence-corrected chi connectivity index (χ1v) is 10.2. The molecule has 1 saturated heterocycles. The number of para-hydroxylation sites is 1. The third-order valence-electron chi connectivity index (χ3n) is 5.22. The number of aryl methyl sites for hydroxylation is 1. The van der Waals surface area contributed by atoms with Gasteiger partial charge in [-0.25, -0.2) is 0 Å². The number of morpholine rings is 1. The van der Waals surface area contributed by atoms with Crippen LogP contribution in [0, 0.1) is 0 Å². The van der Waals surface area contributed by atoms with E-state index in [4.69, 9.17) is 4.74 Å². The van der Waals surface area contributed by atoms with Crippen LogP contribution in [0.4, 0.5) is 11.4 Å². The summed E-state index contributed by atoms with van der Waals surface area (Å²) in [5.41, 5.74) is 3.65. The number of benzene rings is 2.